The standard InChI is InChI=1S/C18H20N2O5/c1-11(2)25-18(24)16(7-12-3-5-14(21)6-4-12)20-17(23)13-8-15(22)10-19-9-13/h3-6,8-11,16,21-22H,7H2,1-2H3,(H,20,23)/t16-/m0/s1. The Morgan fingerprint density at radius 2 is 1.80 bits per heavy atom. The smallest absolute Gasteiger partial charge is 0.329 e. The summed E-state index contributed by atoms with van der Waals surface area (Å²) in [6.07, 6.45) is 2.37. The summed E-state index contributed by atoms with van der Waals surface area (Å²) in [5.74, 6) is -1.15. The maximum absolute atomic E-state index is 12.3. The number of esters is 1. The molecule has 0 radical (unpaired) electrons. The number of carbonyl (C=O) groups excluding carboxylic acids is 2. The van der Waals surface area contributed by atoms with Crippen LogP contribution in [0.1, 0.15) is 29.8 Å². The van der Waals surface area contributed by atoms with E-state index in [1.165, 1.54) is 30.6 Å². The molecular weight excluding hydrogens is 324 g/mol. The first-order valence-corrected chi connectivity index (χ1v) is 7.78. The average molecular weight is 344 g/mol. The molecule has 0 aliphatic carbocycles. The third-order valence-corrected chi connectivity index (χ3v) is 3.30. The zero-order valence-corrected chi connectivity index (χ0v) is 14.0. The second-order valence-electron chi connectivity index (χ2n) is 5.81. The number of phenols is 1. The summed E-state index contributed by atoms with van der Waals surface area (Å²) in [4.78, 5) is 28.4. The van der Waals surface area contributed by atoms with Gasteiger partial charge in [-0.15, -0.1) is 0 Å². The number of phenolic OH excluding ortho intramolecular Hbond substituents is 1. The molecule has 1 aromatic carbocycles. The number of carbonyl (C=O) groups is 2. The van der Waals surface area contributed by atoms with Gasteiger partial charge in [0.05, 0.1) is 17.9 Å². The van der Waals surface area contributed by atoms with Gasteiger partial charge in [-0.3, -0.25) is 9.78 Å². The molecule has 1 aromatic heterocycles. The molecule has 1 atom stereocenters. The Kier molecular flexibility index (Phi) is 5.94. The first-order chi connectivity index (χ1) is 11.8. The summed E-state index contributed by atoms with van der Waals surface area (Å²) < 4.78 is 5.20. The number of aromatic hydroxyl groups is 2. The number of pyridine rings is 1. The lowest BCUT2D eigenvalue weighted by atomic mass is 10.1. The van der Waals surface area contributed by atoms with Crippen molar-refractivity contribution in [2.75, 3.05) is 0 Å². The number of nitrogens with zero attached hydrogens (tertiary/aromatic N) is 1. The highest BCUT2D eigenvalue weighted by atomic mass is 16.5. The minimum atomic E-state index is -0.915. The minimum absolute atomic E-state index is 0.111. The number of hydrogen-bond donors (Lipinski definition) is 3. The highest BCUT2D eigenvalue weighted by molar-refractivity contribution is 5.96. The van der Waals surface area contributed by atoms with Crippen molar-refractivity contribution in [2.45, 2.75) is 32.4 Å². The molecule has 0 saturated carbocycles. The Balaban J connectivity index is 2.17. The molecule has 0 spiro atoms. The molecule has 0 saturated heterocycles. The number of amides is 1. The fourth-order valence-electron chi connectivity index (χ4n) is 2.17. The Bertz CT molecular complexity index is 743. The summed E-state index contributed by atoms with van der Waals surface area (Å²) in [6.45, 7) is 3.44. The van der Waals surface area contributed by atoms with Crippen LogP contribution in [0.2, 0.25) is 0 Å². The summed E-state index contributed by atoms with van der Waals surface area (Å²) in [5, 5.41) is 21.4. The number of aromatic nitrogens is 1. The van der Waals surface area contributed by atoms with E-state index in [0.29, 0.717) is 0 Å². The monoisotopic (exact) mass is 344 g/mol. The van der Waals surface area contributed by atoms with E-state index < -0.39 is 17.9 Å². The van der Waals surface area contributed by atoms with Gasteiger partial charge in [-0.25, -0.2) is 4.79 Å². The van der Waals surface area contributed by atoms with Crippen LogP contribution in [0.4, 0.5) is 0 Å². The molecule has 0 aliphatic rings. The third kappa shape index (κ3) is 5.49. The van der Waals surface area contributed by atoms with Gasteiger partial charge in [0, 0.05) is 12.6 Å². The van der Waals surface area contributed by atoms with Crippen LogP contribution in [0.3, 0.4) is 0 Å². The molecule has 0 aliphatic heterocycles. The van der Waals surface area contributed by atoms with Crippen LogP contribution in [0.5, 0.6) is 11.5 Å². The predicted octanol–water partition coefficient (Wildman–Crippen LogP) is 1.79. The second-order valence-corrected chi connectivity index (χ2v) is 5.81. The SMILES string of the molecule is CC(C)OC(=O)[C@H](Cc1ccc(O)cc1)NC(=O)c1cncc(O)c1. The van der Waals surface area contributed by atoms with E-state index in [-0.39, 0.29) is 29.6 Å². The Morgan fingerprint density at radius 1 is 1.12 bits per heavy atom. The average Bonchev–Trinajstić information content (AvgIpc) is 2.55. The third-order valence-electron chi connectivity index (χ3n) is 3.30. The maximum atomic E-state index is 12.3. The largest absolute Gasteiger partial charge is 0.508 e. The minimum Gasteiger partial charge on any atom is -0.508 e. The molecule has 1 heterocycles. The molecule has 0 fully saturated rings. The van der Waals surface area contributed by atoms with Crippen molar-refractivity contribution >= 4 is 11.9 Å². The Morgan fingerprint density at radius 3 is 2.40 bits per heavy atom. The first-order valence-electron chi connectivity index (χ1n) is 7.78. The van der Waals surface area contributed by atoms with Crippen molar-refractivity contribution in [1.29, 1.82) is 0 Å². The topological polar surface area (TPSA) is 109 Å². The van der Waals surface area contributed by atoms with Gasteiger partial charge >= 0.3 is 5.97 Å². The number of ether oxygens (including phenoxy) is 1. The quantitative estimate of drug-likeness (QED) is 0.689. The zero-order chi connectivity index (χ0) is 18.4. The molecular formula is C18H20N2O5. The lowest BCUT2D eigenvalue weighted by molar-refractivity contribution is -0.149. The van der Waals surface area contributed by atoms with Crippen molar-refractivity contribution in [3.8, 4) is 11.5 Å². The van der Waals surface area contributed by atoms with Gasteiger partial charge in [-0.1, -0.05) is 12.1 Å². The Labute approximate surface area is 145 Å². The first kappa shape index (κ1) is 18.3. The van der Waals surface area contributed by atoms with E-state index in [9.17, 15) is 19.8 Å². The second kappa shape index (κ2) is 8.14. The van der Waals surface area contributed by atoms with Crippen molar-refractivity contribution in [3.05, 3.63) is 53.9 Å². The van der Waals surface area contributed by atoms with E-state index in [4.69, 9.17) is 4.74 Å². The van der Waals surface area contributed by atoms with E-state index in [1.807, 2.05) is 0 Å². The van der Waals surface area contributed by atoms with Crippen LogP contribution in [0, 0.1) is 0 Å². The zero-order valence-electron chi connectivity index (χ0n) is 14.0. The Hall–Kier alpha value is -3.09. The van der Waals surface area contributed by atoms with Crippen molar-refractivity contribution in [3.63, 3.8) is 0 Å². The van der Waals surface area contributed by atoms with E-state index in [2.05, 4.69) is 10.3 Å². The number of nitrogens with one attached hydrogen (secondary N) is 1. The van der Waals surface area contributed by atoms with Crippen LogP contribution in [0.25, 0.3) is 0 Å². The molecule has 2 rings (SSSR count). The van der Waals surface area contributed by atoms with Gasteiger partial charge in [-0.2, -0.15) is 0 Å². The molecule has 1 amide bonds. The fraction of sp³-hybridized carbons (Fsp3) is 0.278. The predicted molar refractivity (Wildman–Crippen MR) is 90.2 cm³/mol. The van der Waals surface area contributed by atoms with Crippen molar-refractivity contribution in [2.24, 2.45) is 0 Å². The van der Waals surface area contributed by atoms with Gasteiger partial charge in [0.15, 0.2) is 0 Å². The van der Waals surface area contributed by atoms with Gasteiger partial charge in [0.2, 0.25) is 0 Å². The highest BCUT2D eigenvalue weighted by Gasteiger charge is 2.24. The molecule has 3 N–H and O–H groups in total. The molecule has 0 bridgehead atoms. The van der Waals surface area contributed by atoms with Crippen LogP contribution in [0.15, 0.2) is 42.7 Å². The summed E-state index contributed by atoms with van der Waals surface area (Å²) in [5.41, 5.74) is 0.880. The van der Waals surface area contributed by atoms with Crippen LogP contribution < -0.4 is 5.32 Å². The summed E-state index contributed by atoms with van der Waals surface area (Å²) in [7, 11) is 0. The molecule has 7 heteroatoms. The van der Waals surface area contributed by atoms with Gasteiger partial charge < -0.3 is 20.3 Å². The normalized spacial score (nSPS) is 11.8. The molecule has 2 aromatic rings. The van der Waals surface area contributed by atoms with Gasteiger partial charge in [0.25, 0.3) is 5.91 Å². The van der Waals surface area contributed by atoms with Crippen LogP contribution in [-0.2, 0) is 16.0 Å². The number of benzene rings is 1. The molecule has 0 unspecified atom stereocenters. The van der Waals surface area contributed by atoms with Crippen molar-refractivity contribution < 1.29 is 24.5 Å². The lowest BCUT2D eigenvalue weighted by Gasteiger charge is -2.19. The number of rotatable bonds is 6. The van der Waals surface area contributed by atoms with Crippen molar-refractivity contribution in [1.82, 2.24) is 10.3 Å². The van der Waals surface area contributed by atoms with Gasteiger partial charge in [0.1, 0.15) is 17.5 Å². The lowest BCUT2D eigenvalue weighted by Crippen LogP contribution is -2.44. The van der Waals surface area contributed by atoms with E-state index >= 15 is 0 Å². The molecule has 25 heavy (non-hydrogen) atoms. The van der Waals surface area contributed by atoms with Crippen LogP contribution in [-0.4, -0.2) is 39.2 Å². The van der Waals surface area contributed by atoms with Crippen LogP contribution >= 0.6 is 0 Å². The van der Waals surface area contributed by atoms with E-state index in [1.54, 1.807) is 26.0 Å². The number of hydrogen-bond acceptors (Lipinski definition) is 6. The molecule has 7 nitrogen and oxygen atoms in total. The van der Waals surface area contributed by atoms with E-state index in [0.717, 1.165) is 5.56 Å². The summed E-state index contributed by atoms with van der Waals surface area (Å²) in [6, 6.07) is 6.66. The molecule has 132 valence electrons. The summed E-state index contributed by atoms with van der Waals surface area (Å²) >= 11 is 0. The fourth-order valence-corrected chi connectivity index (χ4v) is 2.17. The maximum Gasteiger partial charge on any atom is 0.329 e. The van der Waals surface area contributed by atoms with Gasteiger partial charge in [-0.05, 0) is 37.6 Å². The highest BCUT2D eigenvalue weighted by Crippen LogP contribution is 2.13.